The number of amides is 1. The third kappa shape index (κ3) is 2.87. The largest absolute Gasteiger partial charge is 0.382 e. The van der Waals surface area contributed by atoms with E-state index in [2.05, 4.69) is 10.3 Å². The second kappa shape index (κ2) is 5.59. The molecular formula is C14H11ClN4O. The molecule has 0 aliphatic rings. The Bertz CT molecular complexity index is 722. The van der Waals surface area contributed by atoms with Gasteiger partial charge in [-0.2, -0.15) is 5.26 Å². The number of carbonyl (C=O) groups excluding carboxylic acids is 1. The fourth-order valence-corrected chi connectivity index (χ4v) is 1.76. The smallest absolute Gasteiger partial charge is 0.257 e. The highest BCUT2D eigenvalue weighted by Gasteiger charge is 2.10. The first kappa shape index (κ1) is 13.8. The SMILES string of the molecule is Cc1ccc(C#N)cc1NC(=O)c1cnc(N)c(Cl)c1. The Morgan fingerprint density at radius 3 is 2.85 bits per heavy atom. The molecule has 2 aromatic rings. The Hall–Kier alpha value is -2.58. The molecule has 0 radical (unpaired) electrons. The highest BCUT2D eigenvalue weighted by atomic mass is 35.5. The average molecular weight is 287 g/mol. The van der Waals surface area contributed by atoms with Crippen LogP contribution in [0.25, 0.3) is 0 Å². The lowest BCUT2D eigenvalue weighted by atomic mass is 10.1. The number of benzene rings is 1. The number of nitrogen functional groups attached to an aromatic ring is 1. The lowest BCUT2D eigenvalue weighted by Crippen LogP contribution is -2.13. The number of pyridine rings is 1. The predicted molar refractivity (Wildman–Crippen MR) is 77.5 cm³/mol. The average Bonchev–Trinajstić information content (AvgIpc) is 2.44. The number of rotatable bonds is 2. The molecule has 0 atom stereocenters. The molecule has 0 aliphatic heterocycles. The van der Waals surface area contributed by atoms with Crippen LogP contribution in [-0.2, 0) is 0 Å². The minimum atomic E-state index is -0.363. The summed E-state index contributed by atoms with van der Waals surface area (Å²) in [6.07, 6.45) is 1.35. The number of nitrogens with one attached hydrogen (secondary N) is 1. The first-order valence-electron chi connectivity index (χ1n) is 5.74. The Balaban J connectivity index is 2.28. The van der Waals surface area contributed by atoms with Crippen LogP contribution >= 0.6 is 11.6 Å². The maximum absolute atomic E-state index is 12.1. The van der Waals surface area contributed by atoms with Gasteiger partial charge in [-0.05, 0) is 30.7 Å². The Labute approximate surface area is 121 Å². The van der Waals surface area contributed by atoms with Gasteiger partial charge in [0.15, 0.2) is 0 Å². The van der Waals surface area contributed by atoms with Gasteiger partial charge in [0.2, 0.25) is 0 Å². The molecule has 0 saturated carbocycles. The molecule has 0 saturated heterocycles. The van der Waals surface area contributed by atoms with E-state index in [9.17, 15) is 4.79 Å². The number of aromatic nitrogens is 1. The normalized spacial score (nSPS) is 9.85. The third-order valence-corrected chi connectivity index (χ3v) is 3.05. The Morgan fingerprint density at radius 1 is 1.45 bits per heavy atom. The van der Waals surface area contributed by atoms with Crippen molar-refractivity contribution in [1.29, 1.82) is 5.26 Å². The van der Waals surface area contributed by atoms with Crippen molar-refractivity contribution < 1.29 is 4.79 Å². The van der Waals surface area contributed by atoms with Gasteiger partial charge in [0.1, 0.15) is 5.82 Å². The number of carbonyl (C=O) groups is 1. The number of hydrogen-bond acceptors (Lipinski definition) is 4. The second-order valence-corrected chi connectivity index (χ2v) is 4.59. The number of anilines is 2. The van der Waals surface area contributed by atoms with Crippen molar-refractivity contribution in [3.8, 4) is 6.07 Å². The quantitative estimate of drug-likeness (QED) is 0.888. The van der Waals surface area contributed by atoms with E-state index in [-0.39, 0.29) is 16.7 Å². The van der Waals surface area contributed by atoms with Gasteiger partial charge in [-0.15, -0.1) is 0 Å². The molecule has 3 N–H and O–H groups in total. The number of nitrogens with two attached hydrogens (primary N) is 1. The van der Waals surface area contributed by atoms with Crippen LogP contribution in [-0.4, -0.2) is 10.9 Å². The zero-order valence-corrected chi connectivity index (χ0v) is 11.4. The topological polar surface area (TPSA) is 91.8 Å². The lowest BCUT2D eigenvalue weighted by molar-refractivity contribution is 0.102. The Morgan fingerprint density at radius 2 is 2.20 bits per heavy atom. The molecule has 0 bridgehead atoms. The summed E-state index contributed by atoms with van der Waals surface area (Å²) in [6.45, 7) is 1.84. The van der Waals surface area contributed by atoms with Crippen molar-refractivity contribution in [3.05, 3.63) is 52.2 Å². The summed E-state index contributed by atoms with van der Waals surface area (Å²) >= 11 is 5.83. The number of nitrogens with zero attached hydrogens (tertiary/aromatic N) is 2. The number of nitriles is 1. The van der Waals surface area contributed by atoms with Gasteiger partial charge in [0.05, 0.1) is 22.2 Å². The van der Waals surface area contributed by atoms with E-state index < -0.39 is 0 Å². The van der Waals surface area contributed by atoms with Crippen LogP contribution in [0.15, 0.2) is 30.5 Å². The van der Waals surface area contributed by atoms with E-state index in [1.807, 2.05) is 13.0 Å². The third-order valence-electron chi connectivity index (χ3n) is 2.75. The fourth-order valence-electron chi connectivity index (χ4n) is 1.59. The van der Waals surface area contributed by atoms with Crippen LogP contribution in [0.4, 0.5) is 11.5 Å². The molecule has 1 amide bonds. The fraction of sp³-hybridized carbons (Fsp3) is 0.0714. The van der Waals surface area contributed by atoms with Gasteiger partial charge in [0, 0.05) is 11.9 Å². The van der Waals surface area contributed by atoms with Crippen LogP contribution in [0.5, 0.6) is 0 Å². The van der Waals surface area contributed by atoms with E-state index in [1.54, 1.807) is 18.2 Å². The van der Waals surface area contributed by atoms with Gasteiger partial charge in [-0.3, -0.25) is 4.79 Å². The van der Waals surface area contributed by atoms with Crippen molar-refractivity contribution in [3.63, 3.8) is 0 Å². The predicted octanol–water partition coefficient (Wildman–Crippen LogP) is 2.75. The molecule has 20 heavy (non-hydrogen) atoms. The summed E-state index contributed by atoms with van der Waals surface area (Å²) in [6, 6.07) is 8.53. The summed E-state index contributed by atoms with van der Waals surface area (Å²) in [4.78, 5) is 15.9. The zero-order chi connectivity index (χ0) is 14.7. The first-order valence-corrected chi connectivity index (χ1v) is 6.12. The summed E-state index contributed by atoms with van der Waals surface area (Å²) in [5, 5.41) is 11.8. The first-order chi connectivity index (χ1) is 9.51. The van der Waals surface area contributed by atoms with Crippen LogP contribution in [0, 0.1) is 18.3 Å². The summed E-state index contributed by atoms with van der Waals surface area (Å²) in [5.41, 5.74) is 7.69. The summed E-state index contributed by atoms with van der Waals surface area (Å²) in [5.74, 6) is -0.191. The molecule has 2 rings (SSSR count). The van der Waals surface area contributed by atoms with Crippen LogP contribution in [0.3, 0.4) is 0 Å². The molecule has 0 unspecified atom stereocenters. The van der Waals surface area contributed by atoms with Gasteiger partial charge in [-0.1, -0.05) is 17.7 Å². The van der Waals surface area contributed by atoms with Crippen molar-refractivity contribution >= 4 is 29.0 Å². The minimum absolute atomic E-state index is 0.172. The molecular weight excluding hydrogens is 276 g/mol. The van der Waals surface area contributed by atoms with Gasteiger partial charge >= 0.3 is 0 Å². The van der Waals surface area contributed by atoms with E-state index >= 15 is 0 Å². The molecule has 1 aromatic heterocycles. The molecule has 100 valence electrons. The molecule has 0 aliphatic carbocycles. The standard InChI is InChI=1S/C14H11ClN4O/c1-8-2-3-9(6-16)4-12(8)19-14(20)10-5-11(15)13(17)18-7-10/h2-5,7H,1H3,(H2,17,18)(H,19,20). The van der Waals surface area contributed by atoms with Crippen LogP contribution < -0.4 is 11.1 Å². The maximum Gasteiger partial charge on any atom is 0.257 e. The van der Waals surface area contributed by atoms with Crippen LogP contribution in [0.2, 0.25) is 5.02 Å². The highest BCUT2D eigenvalue weighted by Crippen LogP contribution is 2.20. The molecule has 0 fully saturated rings. The van der Waals surface area contributed by atoms with E-state index in [0.29, 0.717) is 16.8 Å². The van der Waals surface area contributed by atoms with Crippen molar-refractivity contribution in [2.24, 2.45) is 0 Å². The monoisotopic (exact) mass is 286 g/mol. The summed E-state index contributed by atoms with van der Waals surface area (Å²) < 4.78 is 0. The molecule has 5 nitrogen and oxygen atoms in total. The lowest BCUT2D eigenvalue weighted by Gasteiger charge is -2.09. The molecule has 0 spiro atoms. The Kier molecular flexibility index (Phi) is 3.87. The molecule has 6 heteroatoms. The van der Waals surface area contributed by atoms with Gasteiger partial charge in [-0.25, -0.2) is 4.98 Å². The molecule has 1 aromatic carbocycles. The second-order valence-electron chi connectivity index (χ2n) is 4.19. The minimum Gasteiger partial charge on any atom is -0.382 e. The zero-order valence-electron chi connectivity index (χ0n) is 10.6. The molecule has 1 heterocycles. The number of aryl methyl sites for hydroxylation is 1. The highest BCUT2D eigenvalue weighted by molar-refractivity contribution is 6.33. The van der Waals surface area contributed by atoms with Crippen molar-refractivity contribution in [1.82, 2.24) is 4.98 Å². The van der Waals surface area contributed by atoms with E-state index in [0.717, 1.165) is 5.56 Å². The van der Waals surface area contributed by atoms with Gasteiger partial charge in [0.25, 0.3) is 5.91 Å². The van der Waals surface area contributed by atoms with Crippen LogP contribution in [0.1, 0.15) is 21.5 Å². The summed E-state index contributed by atoms with van der Waals surface area (Å²) in [7, 11) is 0. The van der Waals surface area contributed by atoms with Gasteiger partial charge < -0.3 is 11.1 Å². The van der Waals surface area contributed by atoms with E-state index in [1.165, 1.54) is 12.3 Å². The van der Waals surface area contributed by atoms with Crippen molar-refractivity contribution in [2.45, 2.75) is 6.92 Å². The van der Waals surface area contributed by atoms with Crippen molar-refractivity contribution in [2.75, 3.05) is 11.1 Å². The van der Waals surface area contributed by atoms with E-state index in [4.69, 9.17) is 22.6 Å². The maximum atomic E-state index is 12.1. The number of halogens is 1. The number of hydrogen-bond donors (Lipinski definition) is 2.